The number of hydrogen-bond donors (Lipinski definition) is 0. The van der Waals surface area contributed by atoms with E-state index in [1.807, 2.05) is 13.0 Å². The van der Waals surface area contributed by atoms with Gasteiger partial charge in [0.2, 0.25) is 5.89 Å². The topological polar surface area (TPSA) is 51.4 Å². The van der Waals surface area contributed by atoms with Gasteiger partial charge in [0.15, 0.2) is 5.82 Å². The molecule has 1 atom stereocenters. The van der Waals surface area contributed by atoms with E-state index in [0.717, 1.165) is 44.1 Å². The number of ether oxygens (including phenoxy) is 1. The first-order chi connectivity index (χ1) is 10.2. The molecular formula is C16H21N3O2. The number of fused-ring (bicyclic) bond motifs is 1. The minimum absolute atomic E-state index is 0.589. The van der Waals surface area contributed by atoms with Crippen molar-refractivity contribution < 1.29 is 9.26 Å². The molecule has 1 aromatic carbocycles. The Kier molecular flexibility index (Phi) is 4.20. The van der Waals surface area contributed by atoms with Gasteiger partial charge in [-0.15, -0.1) is 0 Å². The Hall–Kier alpha value is -1.88. The summed E-state index contributed by atoms with van der Waals surface area (Å²) < 4.78 is 10.8. The number of benzene rings is 1. The van der Waals surface area contributed by atoms with Gasteiger partial charge in [-0.2, -0.15) is 4.98 Å². The first-order valence-electron chi connectivity index (χ1n) is 7.39. The first-order valence-corrected chi connectivity index (χ1v) is 7.39. The summed E-state index contributed by atoms with van der Waals surface area (Å²) in [5.74, 6) is 3.00. The molecule has 3 rings (SSSR count). The molecule has 0 saturated heterocycles. The summed E-state index contributed by atoms with van der Waals surface area (Å²) >= 11 is 0. The Bertz CT molecular complexity index is 597. The predicted octanol–water partition coefficient (Wildman–Crippen LogP) is 2.45. The van der Waals surface area contributed by atoms with Crippen molar-refractivity contribution in [3.05, 3.63) is 41.5 Å². The van der Waals surface area contributed by atoms with Gasteiger partial charge in [-0.3, -0.25) is 4.90 Å². The van der Waals surface area contributed by atoms with Crippen molar-refractivity contribution in [3.8, 4) is 5.75 Å². The van der Waals surface area contributed by atoms with Gasteiger partial charge in [-0.25, -0.2) is 0 Å². The Balaban J connectivity index is 1.60. The highest BCUT2D eigenvalue weighted by Crippen LogP contribution is 2.27. The number of rotatable bonds is 4. The molecule has 0 unspecified atom stereocenters. The smallest absolute Gasteiger partial charge is 0.223 e. The van der Waals surface area contributed by atoms with Crippen molar-refractivity contribution in [2.24, 2.45) is 5.92 Å². The average molecular weight is 287 g/mol. The van der Waals surface area contributed by atoms with Crippen LogP contribution in [0.15, 0.2) is 28.8 Å². The maximum atomic E-state index is 5.82. The fourth-order valence-corrected chi connectivity index (χ4v) is 2.87. The highest BCUT2D eigenvalue weighted by Gasteiger charge is 2.19. The number of hydrogen-bond acceptors (Lipinski definition) is 5. The van der Waals surface area contributed by atoms with Crippen LogP contribution in [0.1, 0.15) is 23.7 Å². The van der Waals surface area contributed by atoms with Crippen molar-refractivity contribution in [3.63, 3.8) is 0 Å². The lowest BCUT2D eigenvalue weighted by molar-refractivity contribution is 0.229. The van der Waals surface area contributed by atoms with Gasteiger partial charge in [0, 0.05) is 13.5 Å². The van der Waals surface area contributed by atoms with E-state index in [-0.39, 0.29) is 0 Å². The molecule has 0 aliphatic carbocycles. The number of aryl methyl sites for hydroxylation is 1. The molecule has 0 amide bonds. The van der Waals surface area contributed by atoms with Gasteiger partial charge in [-0.05, 0) is 37.4 Å². The highest BCUT2D eigenvalue weighted by atomic mass is 16.5. The van der Waals surface area contributed by atoms with Gasteiger partial charge >= 0.3 is 0 Å². The van der Waals surface area contributed by atoms with E-state index >= 15 is 0 Å². The van der Waals surface area contributed by atoms with E-state index in [0.29, 0.717) is 11.8 Å². The van der Waals surface area contributed by atoms with E-state index in [2.05, 4.69) is 40.3 Å². The summed E-state index contributed by atoms with van der Waals surface area (Å²) in [6, 6.07) is 8.33. The molecular weight excluding hydrogens is 266 g/mol. The standard InChI is InChI=1S/C16H21N3O2/c1-12-17-16(18-21-12)11-19(2)10-13-7-8-20-15-6-4-3-5-14(15)9-13/h3-6,13H,7-11H2,1-2H3/t13-/m1/s1. The Labute approximate surface area is 124 Å². The van der Waals surface area contributed by atoms with Crippen LogP contribution in [-0.2, 0) is 13.0 Å². The molecule has 1 aromatic heterocycles. The van der Waals surface area contributed by atoms with Gasteiger partial charge in [0.1, 0.15) is 5.75 Å². The van der Waals surface area contributed by atoms with Crippen molar-refractivity contribution in [1.82, 2.24) is 15.0 Å². The van der Waals surface area contributed by atoms with Crippen LogP contribution in [0.5, 0.6) is 5.75 Å². The van der Waals surface area contributed by atoms with Crippen LogP contribution in [0.4, 0.5) is 0 Å². The molecule has 2 heterocycles. The maximum absolute atomic E-state index is 5.82. The van der Waals surface area contributed by atoms with Crippen LogP contribution >= 0.6 is 0 Å². The lowest BCUT2D eigenvalue weighted by atomic mass is 9.96. The average Bonchev–Trinajstić information content (AvgIpc) is 2.74. The van der Waals surface area contributed by atoms with Crippen LogP contribution in [0.3, 0.4) is 0 Å². The van der Waals surface area contributed by atoms with Crippen molar-refractivity contribution in [2.75, 3.05) is 20.2 Å². The van der Waals surface area contributed by atoms with Crippen molar-refractivity contribution >= 4 is 0 Å². The molecule has 2 aromatic rings. The first kappa shape index (κ1) is 14.1. The minimum Gasteiger partial charge on any atom is -0.493 e. The normalized spacial score (nSPS) is 18.1. The Morgan fingerprint density at radius 3 is 3.00 bits per heavy atom. The van der Waals surface area contributed by atoms with Crippen LogP contribution in [0.25, 0.3) is 0 Å². The monoisotopic (exact) mass is 287 g/mol. The zero-order valence-electron chi connectivity index (χ0n) is 12.6. The molecule has 0 bridgehead atoms. The molecule has 5 heteroatoms. The third kappa shape index (κ3) is 3.61. The largest absolute Gasteiger partial charge is 0.493 e. The van der Waals surface area contributed by atoms with E-state index in [9.17, 15) is 0 Å². The lowest BCUT2D eigenvalue weighted by Crippen LogP contribution is -2.27. The molecule has 0 radical (unpaired) electrons. The number of nitrogens with zero attached hydrogens (tertiary/aromatic N) is 3. The summed E-state index contributed by atoms with van der Waals surface area (Å²) in [5, 5.41) is 3.95. The third-order valence-electron chi connectivity index (χ3n) is 3.82. The number of para-hydroxylation sites is 1. The summed E-state index contributed by atoms with van der Waals surface area (Å²) in [6.45, 7) is 4.33. The third-order valence-corrected chi connectivity index (χ3v) is 3.82. The minimum atomic E-state index is 0.589. The van der Waals surface area contributed by atoms with Crippen LogP contribution < -0.4 is 4.74 Å². The molecule has 1 aliphatic heterocycles. The van der Waals surface area contributed by atoms with Crippen LogP contribution in [-0.4, -0.2) is 35.2 Å². The zero-order chi connectivity index (χ0) is 14.7. The van der Waals surface area contributed by atoms with E-state index in [4.69, 9.17) is 9.26 Å². The molecule has 0 spiro atoms. The summed E-state index contributed by atoms with van der Waals surface area (Å²) in [5.41, 5.74) is 1.31. The molecule has 1 aliphatic rings. The fourth-order valence-electron chi connectivity index (χ4n) is 2.87. The van der Waals surface area contributed by atoms with Crippen LogP contribution in [0, 0.1) is 12.8 Å². The van der Waals surface area contributed by atoms with Gasteiger partial charge < -0.3 is 9.26 Å². The van der Waals surface area contributed by atoms with E-state index in [1.54, 1.807) is 0 Å². The SMILES string of the molecule is Cc1nc(CN(C)C[C@@H]2CCOc3ccccc3C2)no1. The Morgan fingerprint density at radius 1 is 1.33 bits per heavy atom. The Morgan fingerprint density at radius 2 is 2.19 bits per heavy atom. The second-order valence-electron chi connectivity index (χ2n) is 5.74. The van der Waals surface area contributed by atoms with E-state index in [1.165, 1.54) is 5.56 Å². The predicted molar refractivity (Wildman–Crippen MR) is 79.1 cm³/mol. The maximum Gasteiger partial charge on any atom is 0.223 e. The summed E-state index contributed by atoms with van der Waals surface area (Å²) in [6.07, 6.45) is 2.13. The van der Waals surface area contributed by atoms with Gasteiger partial charge in [0.05, 0.1) is 13.2 Å². The molecule has 0 fully saturated rings. The second kappa shape index (κ2) is 6.26. The quantitative estimate of drug-likeness (QED) is 0.864. The van der Waals surface area contributed by atoms with Gasteiger partial charge in [0.25, 0.3) is 0 Å². The summed E-state index contributed by atoms with van der Waals surface area (Å²) in [7, 11) is 2.10. The number of aromatic nitrogens is 2. The van der Waals surface area contributed by atoms with Crippen molar-refractivity contribution in [1.29, 1.82) is 0 Å². The summed E-state index contributed by atoms with van der Waals surface area (Å²) in [4.78, 5) is 6.51. The lowest BCUT2D eigenvalue weighted by Gasteiger charge is -2.21. The van der Waals surface area contributed by atoms with Crippen molar-refractivity contribution in [2.45, 2.75) is 26.3 Å². The molecule has 112 valence electrons. The van der Waals surface area contributed by atoms with Gasteiger partial charge in [-0.1, -0.05) is 23.4 Å². The highest BCUT2D eigenvalue weighted by molar-refractivity contribution is 5.34. The van der Waals surface area contributed by atoms with E-state index < -0.39 is 0 Å². The van der Waals surface area contributed by atoms with Crippen LogP contribution in [0.2, 0.25) is 0 Å². The molecule has 21 heavy (non-hydrogen) atoms. The molecule has 5 nitrogen and oxygen atoms in total. The molecule has 0 saturated carbocycles. The second-order valence-corrected chi connectivity index (χ2v) is 5.74. The fraction of sp³-hybridized carbons (Fsp3) is 0.500. The zero-order valence-corrected chi connectivity index (χ0v) is 12.6. The molecule has 0 N–H and O–H groups in total.